The summed E-state index contributed by atoms with van der Waals surface area (Å²) >= 11 is 0. The summed E-state index contributed by atoms with van der Waals surface area (Å²) in [7, 11) is -7.81. The highest BCUT2D eigenvalue weighted by Gasteiger charge is 2.42. The molecule has 2 unspecified atom stereocenters. The maximum atomic E-state index is 11.1. The predicted octanol–water partition coefficient (Wildman–Crippen LogP) is 0.252. The topological polar surface area (TPSA) is 115 Å². The largest absolute Gasteiger partial charge is 0.346 e. The smallest absolute Gasteiger partial charge is 0.323 e. The number of piperidine rings is 1. The van der Waals surface area contributed by atoms with Gasteiger partial charge < -0.3 is 14.7 Å². The third-order valence-electron chi connectivity index (χ3n) is 3.11. The summed E-state index contributed by atoms with van der Waals surface area (Å²) < 4.78 is 42.0. The van der Waals surface area contributed by atoms with Gasteiger partial charge in [0.1, 0.15) is 0 Å². The molecule has 0 aromatic carbocycles. The van der Waals surface area contributed by atoms with Crippen LogP contribution in [0.5, 0.6) is 0 Å². The lowest BCUT2D eigenvalue weighted by Crippen LogP contribution is -2.40. The summed E-state index contributed by atoms with van der Waals surface area (Å²) in [5.41, 5.74) is 0. The molecule has 1 aliphatic heterocycles. The summed E-state index contributed by atoms with van der Waals surface area (Å²) in [5, 5.41) is 0. The van der Waals surface area contributed by atoms with Gasteiger partial charge in [-0.3, -0.25) is 9.12 Å². The third kappa shape index (κ3) is 4.31. The Morgan fingerprint density at radius 2 is 2.00 bits per heavy atom. The molecule has 7 nitrogen and oxygen atoms in total. The Hall–Kier alpha value is 0.0200. The Kier molecular flexibility index (Phi) is 4.73. The van der Waals surface area contributed by atoms with E-state index in [1.165, 1.54) is 0 Å². The Bertz CT molecular complexity index is 404. The minimum atomic E-state index is -4.86. The van der Waals surface area contributed by atoms with E-state index in [9.17, 15) is 13.0 Å². The van der Waals surface area contributed by atoms with Crippen molar-refractivity contribution in [3.63, 3.8) is 0 Å². The molecule has 0 spiro atoms. The molecule has 9 heteroatoms. The van der Waals surface area contributed by atoms with E-state index in [0.29, 0.717) is 6.42 Å². The Morgan fingerprint density at radius 3 is 2.41 bits per heavy atom. The molecule has 0 aliphatic carbocycles. The second kappa shape index (κ2) is 5.34. The van der Waals surface area contributed by atoms with Crippen LogP contribution in [0.15, 0.2) is 0 Å². The quantitative estimate of drug-likeness (QED) is 0.501. The fourth-order valence-corrected chi connectivity index (χ4v) is 4.48. The molecule has 0 aromatic rings. The summed E-state index contributed by atoms with van der Waals surface area (Å²) in [4.78, 5) is 17.8. The number of hydrogen-bond acceptors (Lipinski definition) is 4. The van der Waals surface area contributed by atoms with Crippen molar-refractivity contribution >= 4 is 17.7 Å². The van der Waals surface area contributed by atoms with Gasteiger partial charge in [-0.2, -0.15) is 8.42 Å². The predicted molar refractivity (Wildman–Crippen MR) is 62.3 cm³/mol. The van der Waals surface area contributed by atoms with Crippen LogP contribution in [-0.2, 0) is 14.7 Å². The fourth-order valence-electron chi connectivity index (χ4n) is 2.11. The molecule has 1 saturated heterocycles. The number of rotatable bonds is 4. The second-order valence-corrected chi connectivity index (χ2v) is 8.17. The maximum Gasteiger partial charge on any atom is 0.346 e. The fraction of sp³-hybridized carbons (Fsp3) is 1.00. The molecule has 1 heterocycles. The molecule has 1 aliphatic rings. The van der Waals surface area contributed by atoms with Crippen LogP contribution in [0.1, 0.15) is 25.7 Å². The molecular formula is C8H18NO6PS. The van der Waals surface area contributed by atoms with Gasteiger partial charge >= 0.3 is 7.60 Å². The molecule has 3 N–H and O–H groups in total. The van der Waals surface area contributed by atoms with Crippen molar-refractivity contribution in [3.8, 4) is 0 Å². The second-order valence-electron chi connectivity index (χ2n) is 4.42. The molecule has 0 aromatic heterocycles. The molecule has 102 valence electrons. The first-order valence-electron chi connectivity index (χ1n) is 5.34. The Labute approximate surface area is 101 Å². The number of likely N-dealkylation sites (tertiary alicyclic amines) is 1. The standard InChI is InChI=1S/C8H18NO6PS/c1-9-5-3-2-4-7(9)6-8(16(10,11)12)17(13,14)15/h7-8H,2-6H2,1H3,(H2,10,11,12)(H,13,14,15). The van der Waals surface area contributed by atoms with E-state index >= 15 is 0 Å². The lowest BCUT2D eigenvalue weighted by molar-refractivity contribution is 0.176. The lowest BCUT2D eigenvalue weighted by Gasteiger charge is -2.34. The van der Waals surface area contributed by atoms with E-state index < -0.39 is 22.7 Å². The summed E-state index contributed by atoms with van der Waals surface area (Å²) in [6.07, 6.45) is 2.33. The molecule has 0 radical (unpaired) electrons. The Morgan fingerprint density at radius 1 is 1.41 bits per heavy atom. The zero-order valence-corrected chi connectivity index (χ0v) is 11.3. The molecule has 2 atom stereocenters. The lowest BCUT2D eigenvalue weighted by atomic mass is 10.0. The van der Waals surface area contributed by atoms with Crippen molar-refractivity contribution in [2.24, 2.45) is 0 Å². The van der Waals surface area contributed by atoms with Crippen LogP contribution in [0.25, 0.3) is 0 Å². The van der Waals surface area contributed by atoms with Crippen molar-refractivity contribution in [1.82, 2.24) is 4.90 Å². The van der Waals surface area contributed by atoms with E-state index in [0.717, 1.165) is 19.4 Å². The molecule has 0 saturated carbocycles. The zero-order valence-electron chi connectivity index (χ0n) is 9.56. The van der Waals surface area contributed by atoms with Crippen LogP contribution in [-0.4, -0.2) is 52.3 Å². The third-order valence-corrected chi connectivity index (χ3v) is 6.58. The molecule has 1 rings (SSSR count). The monoisotopic (exact) mass is 287 g/mol. The minimum absolute atomic E-state index is 0.219. The van der Waals surface area contributed by atoms with E-state index in [1.807, 2.05) is 4.90 Å². The van der Waals surface area contributed by atoms with Crippen LogP contribution in [0.2, 0.25) is 0 Å². The van der Waals surface area contributed by atoms with Crippen molar-refractivity contribution in [3.05, 3.63) is 0 Å². The van der Waals surface area contributed by atoms with Gasteiger partial charge in [-0.25, -0.2) is 0 Å². The van der Waals surface area contributed by atoms with E-state index in [4.69, 9.17) is 14.3 Å². The summed E-state index contributed by atoms with van der Waals surface area (Å²) in [6.45, 7) is 0.768. The first kappa shape index (κ1) is 15.1. The van der Waals surface area contributed by atoms with Gasteiger partial charge in [0.25, 0.3) is 10.1 Å². The SMILES string of the molecule is CN1CCCCC1CC(P(=O)(O)O)S(=O)(=O)O. The van der Waals surface area contributed by atoms with Gasteiger partial charge in [-0.15, -0.1) is 0 Å². The first-order chi connectivity index (χ1) is 7.62. The normalized spacial score (nSPS) is 25.8. The molecule has 17 heavy (non-hydrogen) atoms. The zero-order chi connectivity index (χ0) is 13.3. The van der Waals surface area contributed by atoms with Crippen molar-refractivity contribution in [2.75, 3.05) is 13.6 Å². The van der Waals surface area contributed by atoms with Crippen molar-refractivity contribution < 1.29 is 27.3 Å². The van der Waals surface area contributed by atoms with Gasteiger partial charge in [-0.05, 0) is 32.9 Å². The van der Waals surface area contributed by atoms with Crippen LogP contribution < -0.4 is 0 Å². The number of nitrogens with zero attached hydrogens (tertiary/aromatic N) is 1. The van der Waals surface area contributed by atoms with Crippen LogP contribution in [0.3, 0.4) is 0 Å². The average molecular weight is 287 g/mol. The van der Waals surface area contributed by atoms with Crippen LogP contribution >= 0.6 is 7.60 Å². The van der Waals surface area contributed by atoms with Crippen LogP contribution in [0, 0.1) is 0 Å². The summed E-state index contributed by atoms with van der Waals surface area (Å²) in [6, 6.07) is -0.219. The maximum absolute atomic E-state index is 11.1. The van der Waals surface area contributed by atoms with E-state index in [-0.39, 0.29) is 12.5 Å². The minimum Gasteiger partial charge on any atom is -0.323 e. The van der Waals surface area contributed by atoms with E-state index in [1.54, 1.807) is 7.05 Å². The average Bonchev–Trinajstić information content (AvgIpc) is 2.12. The summed E-state index contributed by atoms with van der Waals surface area (Å²) in [5.74, 6) is 0. The molecular weight excluding hydrogens is 269 g/mol. The van der Waals surface area contributed by atoms with Gasteiger partial charge in [0.15, 0.2) is 4.99 Å². The Balaban J connectivity index is 2.84. The highest BCUT2D eigenvalue weighted by atomic mass is 32.2. The van der Waals surface area contributed by atoms with Gasteiger partial charge in [0.05, 0.1) is 0 Å². The molecule has 0 bridgehead atoms. The first-order valence-corrected chi connectivity index (χ1v) is 8.52. The highest BCUT2D eigenvalue weighted by molar-refractivity contribution is 7.93. The molecule has 0 amide bonds. The number of hydrogen-bond donors (Lipinski definition) is 3. The van der Waals surface area contributed by atoms with E-state index in [2.05, 4.69) is 0 Å². The van der Waals surface area contributed by atoms with Gasteiger partial charge in [0.2, 0.25) is 0 Å². The van der Waals surface area contributed by atoms with Crippen molar-refractivity contribution in [2.45, 2.75) is 36.7 Å². The highest BCUT2D eigenvalue weighted by Crippen LogP contribution is 2.46. The van der Waals surface area contributed by atoms with Crippen molar-refractivity contribution in [1.29, 1.82) is 0 Å². The molecule has 1 fully saturated rings. The van der Waals surface area contributed by atoms with Gasteiger partial charge in [-0.1, -0.05) is 6.42 Å². The van der Waals surface area contributed by atoms with Gasteiger partial charge in [0, 0.05) is 6.04 Å². The van der Waals surface area contributed by atoms with Crippen LogP contribution in [0.4, 0.5) is 0 Å².